The third-order valence-corrected chi connectivity index (χ3v) is 4.58. The minimum absolute atomic E-state index is 0.0839. The quantitative estimate of drug-likeness (QED) is 0.783. The van der Waals surface area contributed by atoms with Gasteiger partial charge in [-0.2, -0.15) is 0 Å². The first-order chi connectivity index (χ1) is 10.2. The number of carbonyl (C=O) groups excluding carboxylic acids is 2. The number of likely N-dealkylation sites (tertiary alicyclic amines) is 1. The Morgan fingerprint density at radius 2 is 1.76 bits per heavy atom. The second-order valence-electron chi connectivity index (χ2n) is 6.13. The average Bonchev–Trinajstić information content (AvgIpc) is 2.55. The number of amides is 2. The molecule has 0 spiro atoms. The summed E-state index contributed by atoms with van der Waals surface area (Å²) in [5.41, 5.74) is 0. The summed E-state index contributed by atoms with van der Waals surface area (Å²) in [5, 5.41) is 3.00. The van der Waals surface area contributed by atoms with Gasteiger partial charge < -0.3 is 15.0 Å². The summed E-state index contributed by atoms with van der Waals surface area (Å²) in [4.78, 5) is 26.4. The predicted octanol–water partition coefficient (Wildman–Crippen LogP) is 1.57. The lowest BCUT2D eigenvalue weighted by molar-refractivity contribution is -0.141. The van der Waals surface area contributed by atoms with E-state index in [1.807, 2.05) is 4.90 Å². The zero-order valence-corrected chi connectivity index (χ0v) is 13.1. The van der Waals surface area contributed by atoms with E-state index in [0.29, 0.717) is 13.2 Å². The van der Waals surface area contributed by atoms with E-state index in [9.17, 15) is 9.59 Å². The Kier molecular flexibility index (Phi) is 6.49. The molecule has 1 N–H and O–H groups in total. The topological polar surface area (TPSA) is 58.6 Å². The van der Waals surface area contributed by atoms with Crippen LogP contribution < -0.4 is 5.32 Å². The number of nitrogens with zero attached hydrogens (tertiary/aromatic N) is 1. The molecule has 2 aliphatic heterocycles. The molecule has 0 saturated carbocycles. The Morgan fingerprint density at radius 1 is 1.10 bits per heavy atom. The average molecular weight is 296 g/mol. The molecule has 0 aliphatic carbocycles. The van der Waals surface area contributed by atoms with Crippen molar-refractivity contribution >= 4 is 11.8 Å². The molecule has 0 aromatic rings. The molecule has 2 heterocycles. The maximum absolute atomic E-state index is 12.4. The van der Waals surface area contributed by atoms with Crippen molar-refractivity contribution in [2.45, 2.75) is 45.4 Å². The summed E-state index contributed by atoms with van der Waals surface area (Å²) in [6, 6.07) is 0. The number of nitrogens with one attached hydrogen (secondary N) is 1. The van der Waals surface area contributed by atoms with Crippen molar-refractivity contribution in [3.63, 3.8) is 0 Å². The molecule has 5 nitrogen and oxygen atoms in total. The van der Waals surface area contributed by atoms with Crippen LogP contribution in [0.15, 0.2) is 0 Å². The standard InChI is InChI=1S/C16H28N2O3/c1-2-3-8-17-15(19)13-4-9-18(10-5-13)16(20)14-6-11-21-12-7-14/h13-14H,2-12H2,1H3,(H,17,19). The maximum Gasteiger partial charge on any atom is 0.225 e. The van der Waals surface area contributed by atoms with Crippen molar-refractivity contribution < 1.29 is 14.3 Å². The van der Waals surface area contributed by atoms with Gasteiger partial charge in [0.1, 0.15) is 0 Å². The Bertz CT molecular complexity index is 345. The lowest BCUT2D eigenvalue weighted by atomic mass is 9.93. The summed E-state index contributed by atoms with van der Waals surface area (Å²) >= 11 is 0. The van der Waals surface area contributed by atoms with E-state index in [1.165, 1.54) is 0 Å². The van der Waals surface area contributed by atoms with Crippen molar-refractivity contribution in [2.24, 2.45) is 11.8 Å². The highest BCUT2D eigenvalue weighted by Gasteiger charge is 2.31. The van der Waals surface area contributed by atoms with Crippen LogP contribution in [-0.4, -0.2) is 49.6 Å². The van der Waals surface area contributed by atoms with E-state index < -0.39 is 0 Å². The number of unbranched alkanes of at least 4 members (excludes halogenated alkanes) is 1. The van der Waals surface area contributed by atoms with Crippen LogP contribution in [0.25, 0.3) is 0 Å². The van der Waals surface area contributed by atoms with Gasteiger partial charge in [-0.25, -0.2) is 0 Å². The molecule has 0 radical (unpaired) electrons. The molecule has 2 rings (SSSR count). The minimum Gasteiger partial charge on any atom is -0.381 e. The lowest BCUT2D eigenvalue weighted by Crippen LogP contribution is -2.46. The lowest BCUT2D eigenvalue weighted by Gasteiger charge is -2.34. The number of carbonyl (C=O) groups is 2. The fourth-order valence-electron chi connectivity index (χ4n) is 3.10. The highest BCUT2D eigenvalue weighted by atomic mass is 16.5. The first-order valence-corrected chi connectivity index (χ1v) is 8.36. The van der Waals surface area contributed by atoms with Crippen LogP contribution in [0.1, 0.15) is 45.4 Å². The van der Waals surface area contributed by atoms with Crippen LogP contribution in [0.5, 0.6) is 0 Å². The molecule has 0 aromatic carbocycles. The summed E-state index contributed by atoms with van der Waals surface area (Å²) in [5.74, 6) is 0.652. The zero-order chi connectivity index (χ0) is 15.1. The van der Waals surface area contributed by atoms with E-state index in [1.54, 1.807) is 0 Å². The van der Waals surface area contributed by atoms with Crippen LogP contribution >= 0.6 is 0 Å². The van der Waals surface area contributed by atoms with Crippen molar-refractivity contribution in [1.29, 1.82) is 0 Å². The molecular weight excluding hydrogens is 268 g/mol. The van der Waals surface area contributed by atoms with Crippen LogP contribution in [0.3, 0.4) is 0 Å². The van der Waals surface area contributed by atoms with Gasteiger partial charge in [0.05, 0.1) is 0 Å². The number of piperidine rings is 1. The van der Waals surface area contributed by atoms with Crippen molar-refractivity contribution in [2.75, 3.05) is 32.8 Å². The van der Waals surface area contributed by atoms with Crippen molar-refractivity contribution in [3.8, 4) is 0 Å². The maximum atomic E-state index is 12.4. The van der Waals surface area contributed by atoms with Gasteiger partial charge in [-0.1, -0.05) is 13.3 Å². The minimum atomic E-state index is 0.0839. The molecule has 0 aromatic heterocycles. The Labute approximate surface area is 127 Å². The smallest absolute Gasteiger partial charge is 0.225 e. The normalized spacial score (nSPS) is 21.3. The molecule has 21 heavy (non-hydrogen) atoms. The Hall–Kier alpha value is -1.10. The van der Waals surface area contributed by atoms with Gasteiger partial charge in [0.2, 0.25) is 11.8 Å². The third kappa shape index (κ3) is 4.70. The summed E-state index contributed by atoms with van der Waals surface area (Å²) in [7, 11) is 0. The zero-order valence-electron chi connectivity index (χ0n) is 13.1. The molecule has 2 amide bonds. The second-order valence-corrected chi connectivity index (χ2v) is 6.13. The summed E-state index contributed by atoms with van der Waals surface area (Å²) in [6.07, 6.45) is 5.41. The number of rotatable bonds is 5. The molecule has 120 valence electrons. The third-order valence-electron chi connectivity index (χ3n) is 4.58. The van der Waals surface area contributed by atoms with Crippen molar-refractivity contribution in [3.05, 3.63) is 0 Å². The van der Waals surface area contributed by atoms with Gasteiger partial charge in [0.15, 0.2) is 0 Å². The molecule has 0 bridgehead atoms. The van der Waals surface area contributed by atoms with Crippen molar-refractivity contribution in [1.82, 2.24) is 10.2 Å². The highest BCUT2D eigenvalue weighted by molar-refractivity contribution is 5.81. The van der Waals surface area contributed by atoms with E-state index in [-0.39, 0.29) is 23.7 Å². The van der Waals surface area contributed by atoms with E-state index >= 15 is 0 Å². The van der Waals surface area contributed by atoms with Gasteiger partial charge in [-0.15, -0.1) is 0 Å². The van der Waals surface area contributed by atoms with Gasteiger partial charge >= 0.3 is 0 Å². The van der Waals surface area contributed by atoms with E-state index in [2.05, 4.69) is 12.2 Å². The van der Waals surface area contributed by atoms with Gasteiger partial charge in [-0.3, -0.25) is 9.59 Å². The van der Waals surface area contributed by atoms with Gasteiger partial charge in [0.25, 0.3) is 0 Å². The van der Waals surface area contributed by atoms with Gasteiger partial charge in [0, 0.05) is 44.7 Å². The molecule has 2 aliphatic rings. The monoisotopic (exact) mass is 296 g/mol. The summed E-state index contributed by atoms with van der Waals surface area (Å²) < 4.78 is 5.31. The van der Waals surface area contributed by atoms with Crippen LogP contribution in [-0.2, 0) is 14.3 Å². The molecule has 0 atom stereocenters. The SMILES string of the molecule is CCCCNC(=O)C1CCN(C(=O)C2CCOCC2)CC1. The van der Waals surface area contributed by atoms with Crippen LogP contribution in [0.4, 0.5) is 0 Å². The van der Waals surface area contributed by atoms with E-state index in [0.717, 1.165) is 58.2 Å². The molecule has 0 unspecified atom stereocenters. The number of hydrogen-bond donors (Lipinski definition) is 1. The molecule has 2 saturated heterocycles. The summed E-state index contributed by atoms with van der Waals surface area (Å²) in [6.45, 7) is 5.74. The highest BCUT2D eigenvalue weighted by Crippen LogP contribution is 2.23. The molecule has 2 fully saturated rings. The number of ether oxygens (including phenoxy) is 1. The van der Waals surface area contributed by atoms with Crippen LogP contribution in [0.2, 0.25) is 0 Å². The first-order valence-electron chi connectivity index (χ1n) is 8.36. The fraction of sp³-hybridized carbons (Fsp3) is 0.875. The largest absolute Gasteiger partial charge is 0.381 e. The van der Waals surface area contributed by atoms with E-state index in [4.69, 9.17) is 4.74 Å². The Morgan fingerprint density at radius 3 is 2.38 bits per heavy atom. The first kappa shape index (κ1) is 16.3. The molecular formula is C16H28N2O3. The predicted molar refractivity (Wildman–Crippen MR) is 80.8 cm³/mol. The molecule has 5 heteroatoms. The number of hydrogen-bond acceptors (Lipinski definition) is 3. The van der Waals surface area contributed by atoms with Crippen LogP contribution in [0, 0.1) is 11.8 Å². The Balaban J connectivity index is 1.72. The van der Waals surface area contributed by atoms with Gasteiger partial charge in [-0.05, 0) is 32.1 Å². The fourth-order valence-corrected chi connectivity index (χ4v) is 3.10. The second kappa shape index (κ2) is 8.37.